The Bertz CT molecular complexity index is 443. The number of halogens is 1. The molecule has 2 nitrogen and oxygen atoms in total. The zero-order valence-corrected chi connectivity index (χ0v) is 9.11. The van der Waals surface area contributed by atoms with Crippen LogP contribution in [-0.4, -0.2) is 9.78 Å². The molecule has 1 aromatic heterocycles. The van der Waals surface area contributed by atoms with Gasteiger partial charge in [-0.15, -0.1) is 0 Å². The normalized spacial score (nSPS) is 10.1. The zero-order chi connectivity index (χ0) is 9.97. The second-order valence-electron chi connectivity index (χ2n) is 2.90. The molecule has 0 unspecified atom stereocenters. The van der Waals surface area contributed by atoms with Crippen molar-refractivity contribution in [3.63, 3.8) is 0 Å². The van der Waals surface area contributed by atoms with Gasteiger partial charge in [-0.1, -0.05) is 24.8 Å². The van der Waals surface area contributed by atoms with Gasteiger partial charge in [0.2, 0.25) is 0 Å². The summed E-state index contributed by atoms with van der Waals surface area (Å²) >= 11 is 3.36. The average molecular weight is 249 g/mol. The molecule has 0 atom stereocenters. The van der Waals surface area contributed by atoms with Crippen LogP contribution in [0, 0.1) is 0 Å². The highest BCUT2D eigenvalue weighted by atomic mass is 79.9. The van der Waals surface area contributed by atoms with Crippen molar-refractivity contribution in [2.24, 2.45) is 0 Å². The van der Waals surface area contributed by atoms with Crippen LogP contribution in [0.25, 0.3) is 11.8 Å². The monoisotopic (exact) mass is 248 g/mol. The lowest BCUT2D eigenvalue weighted by molar-refractivity contribution is 0.880. The predicted molar refractivity (Wildman–Crippen MR) is 61.4 cm³/mol. The van der Waals surface area contributed by atoms with E-state index >= 15 is 0 Å². The summed E-state index contributed by atoms with van der Waals surface area (Å²) in [4.78, 5) is 0. The van der Waals surface area contributed by atoms with Gasteiger partial charge in [-0.05, 0) is 33.6 Å². The van der Waals surface area contributed by atoms with E-state index < -0.39 is 0 Å². The lowest BCUT2D eigenvalue weighted by Crippen LogP contribution is -1.93. The minimum Gasteiger partial charge on any atom is -0.240 e. The SMILES string of the molecule is C=Cc1ccc(-n2cc(Br)cn2)cc1. The van der Waals surface area contributed by atoms with Crippen molar-refractivity contribution in [2.75, 3.05) is 0 Å². The average Bonchev–Trinajstić information content (AvgIpc) is 2.65. The molecule has 2 aromatic rings. The van der Waals surface area contributed by atoms with Crippen molar-refractivity contribution in [3.05, 3.63) is 53.3 Å². The molecule has 0 aliphatic rings. The van der Waals surface area contributed by atoms with Crippen LogP contribution in [-0.2, 0) is 0 Å². The Kier molecular flexibility index (Phi) is 2.50. The van der Waals surface area contributed by atoms with Crippen molar-refractivity contribution in [1.82, 2.24) is 9.78 Å². The Balaban J connectivity index is 2.38. The number of nitrogens with zero attached hydrogens (tertiary/aromatic N) is 2. The van der Waals surface area contributed by atoms with Gasteiger partial charge in [0, 0.05) is 6.20 Å². The maximum Gasteiger partial charge on any atom is 0.0646 e. The van der Waals surface area contributed by atoms with Crippen LogP contribution in [0.2, 0.25) is 0 Å². The maximum absolute atomic E-state index is 4.19. The molecule has 70 valence electrons. The van der Waals surface area contributed by atoms with E-state index in [9.17, 15) is 0 Å². The van der Waals surface area contributed by atoms with Crippen molar-refractivity contribution < 1.29 is 0 Å². The second-order valence-corrected chi connectivity index (χ2v) is 3.81. The molecule has 0 saturated heterocycles. The lowest BCUT2D eigenvalue weighted by Gasteiger charge is -2.00. The van der Waals surface area contributed by atoms with Gasteiger partial charge in [-0.25, -0.2) is 4.68 Å². The molecule has 0 aliphatic heterocycles. The van der Waals surface area contributed by atoms with E-state index in [0.717, 1.165) is 15.7 Å². The van der Waals surface area contributed by atoms with Gasteiger partial charge in [0.1, 0.15) is 0 Å². The smallest absolute Gasteiger partial charge is 0.0646 e. The quantitative estimate of drug-likeness (QED) is 0.798. The lowest BCUT2D eigenvalue weighted by atomic mass is 10.2. The van der Waals surface area contributed by atoms with E-state index in [1.54, 1.807) is 6.20 Å². The van der Waals surface area contributed by atoms with Crippen molar-refractivity contribution in [3.8, 4) is 5.69 Å². The minimum atomic E-state index is 0.977. The summed E-state index contributed by atoms with van der Waals surface area (Å²) in [5.74, 6) is 0. The van der Waals surface area contributed by atoms with E-state index in [2.05, 4.69) is 27.6 Å². The highest BCUT2D eigenvalue weighted by Gasteiger charge is 1.97. The van der Waals surface area contributed by atoms with E-state index in [4.69, 9.17) is 0 Å². The van der Waals surface area contributed by atoms with E-state index in [-0.39, 0.29) is 0 Å². The van der Waals surface area contributed by atoms with Crippen LogP contribution in [0.5, 0.6) is 0 Å². The molecule has 1 aromatic carbocycles. The molecule has 0 bridgehead atoms. The van der Waals surface area contributed by atoms with Crippen LogP contribution >= 0.6 is 15.9 Å². The number of aromatic nitrogens is 2. The first-order chi connectivity index (χ1) is 6.79. The number of benzene rings is 1. The Morgan fingerprint density at radius 2 is 2.00 bits per heavy atom. The van der Waals surface area contributed by atoms with Gasteiger partial charge in [0.05, 0.1) is 16.4 Å². The summed E-state index contributed by atoms with van der Waals surface area (Å²) in [5.41, 5.74) is 2.15. The molecule has 0 spiro atoms. The third-order valence-corrected chi connectivity index (χ3v) is 2.35. The molecule has 0 aliphatic carbocycles. The third-order valence-electron chi connectivity index (χ3n) is 1.94. The topological polar surface area (TPSA) is 17.8 Å². The fraction of sp³-hybridized carbons (Fsp3) is 0. The van der Waals surface area contributed by atoms with E-state index in [1.807, 2.05) is 41.2 Å². The van der Waals surface area contributed by atoms with Crippen LogP contribution in [0.4, 0.5) is 0 Å². The largest absolute Gasteiger partial charge is 0.240 e. The van der Waals surface area contributed by atoms with Crippen LogP contribution in [0.3, 0.4) is 0 Å². The van der Waals surface area contributed by atoms with Gasteiger partial charge in [-0.2, -0.15) is 5.10 Å². The summed E-state index contributed by atoms with van der Waals surface area (Å²) in [5, 5.41) is 4.19. The predicted octanol–water partition coefficient (Wildman–Crippen LogP) is 3.28. The van der Waals surface area contributed by atoms with Gasteiger partial charge >= 0.3 is 0 Å². The van der Waals surface area contributed by atoms with Crippen molar-refractivity contribution >= 4 is 22.0 Å². The summed E-state index contributed by atoms with van der Waals surface area (Å²) < 4.78 is 2.79. The van der Waals surface area contributed by atoms with Crippen LogP contribution < -0.4 is 0 Å². The van der Waals surface area contributed by atoms with Gasteiger partial charge in [0.15, 0.2) is 0 Å². The molecular formula is C11H9BrN2. The first kappa shape index (κ1) is 9.21. The Labute approximate surface area is 91.0 Å². The molecule has 14 heavy (non-hydrogen) atoms. The summed E-state index contributed by atoms with van der Waals surface area (Å²) in [7, 11) is 0. The molecule has 0 saturated carbocycles. The molecule has 1 heterocycles. The summed E-state index contributed by atoms with van der Waals surface area (Å²) in [6, 6.07) is 8.04. The number of hydrogen-bond donors (Lipinski definition) is 0. The third kappa shape index (κ3) is 1.77. The summed E-state index contributed by atoms with van der Waals surface area (Å²) in [6.45, 7) is 3.71. The Morgan fingerprint density at radius 3 is 2.50 bits per heavy atom. The first-order valence-corrected chi connectivity index (χ1v) is 5.02. The molecule has 0 N–H and O–H groups in total. The molecule has 3 heteroatoms. The standard InChI is InChI=1S/C11H9BrN2/c1-2-9-3-5-11(6-4-9)14-8-10(12)7-13-14/h2-8H,1H2. The minimum absolute atomic E-state index is 0.977. The molecule has 0 amide bonds. The second kappa shape index (κ2) is 3.80. The van der Waals surface area contributed by atoms with E-state index in [1.165, 1.54) is 0 Å². The first-order valence-electron chi connectivity index (χ1n) is 4.22. The highest BCUT2D eigenvalue weighted by molar-refractivity contribution is 9.10. The zero-order valence-electron chi connectivity index (χ0n) is 7.52. The molecule has 0 radical (unpaired) electrons. The fourth-order valence-electron chi connectivity index (χ4n) is 1.21. The van der Waals surface area contributed by atoms with Crippen LogP contribution in [0.15, 0.2) is 47.7 Å². The van der Waals surface area contributed by atoms with Crippen LogP contribution in [0.1, 0.15) is 5.56 Å². The Hall–Kier alpha value is -1.35. The number of hydrogen-bond acceptors (Lipinski definition) is 1. The van der Waals surface area contributed by atoms with Crippen molar-refractivity contribution in [2.45, 2.75) is 0 Å². The summed E-state index contributed by atoms with van der Waals surface area (Å²) in [6.07, 6.45) is 5.51. The van der Waals surface area contributed by atoms with Crippen molar-refractivity contribution in [1.29, 1.82) is 0 Å². The van der Waals surface area contributed by atoms with E-state index in [0.29, 0.717) is 0 Å². The molecule has 0 fully saturated rings. The fourth-order valence-corrected chi connectivity index (χ4v) is 1.49. The maximum atomic E-state index is 4.19. The highest BCUT2D eigenvalue weighted by Crippen LogP contribution is 2.13. The molecule has 2 rings (SSSR count). The van der Waals surface area contributed by atoms with Gasteiger partial charge < -0.3 is 0 Å². The molecular weight excluding hydrogens is 240 g/mol. The van der Waals surface area contributed by atoms with Gasteiger partial charge in [-0.3, -0.25) is 0 Å². The Morgan fingerprint density at radius 1 is 1.29 bits per heavy atom. The van der Waals surface area contributed by atoms with Gasteiger partial charge in [0.25, 0.3) is 0 Å². The number of rotatable bonds is 2.